The molecule has 0 spiro atoms. The highest BCUT2D eigenvalue weighted by Gasteiger charge is 2.21. The van der Waals surface area contributed by atoms with E-state index in [1.807, 2.05) is 21.0 Å². The first-order valence-electron chi connectivity index (χ1n) is 6.41. The van der Waals surface area contributed by atoms with Gasteiger partial charge in [0.25, 0.3) is 0 Å². The summed E-state index contributed by atoms with van der Waals surface area (Å²) in [6.45, 7) is 8.63. The van der Waals surface area contributed by atoms with E-state index in [4.69, 9.17) is 5.73 Å². The summed E-state index contributed by atoms with van der Waals surface area (Å²) in [5.74, 6) is 0.207. The lowest BCUT2D eigenvalue weighted by Gasteiger charge is -2.29. The lowest BCUT2D eigenvalue weighted by Crippen LogP contribution is -2.41. The molecular formula is C13H29N3O. The second-order valence-electron chi connectivity index (χ2n) is 5.95. The lowest BCUT2D eigenvalue weighted by molar-refractivity contribution is -0.125. The Morgan fingerprint density at radius 2 is 2.00 bits per heavy atom. The molecule has 0 aromatic carbocycles. The Morgan fingerprint density at radius 1 is 1.41 bits per heavy atom. The largest absolute Gasteiger partial charge is 0.355 e. The van der Waals surface area contributed by atoms with Gasteiger partial charge in [-0.05, 0) is 38.9 Å². The number of hydrogen-bond donors (Lipinski definition) is 2. The highest BCUT2D eigenvalue weighted by Crippen LogP contribution is 2.14. The smallest absolute Gasteiger partial charge is 0.222 e. The normalized spacial score (nSPS) is 13.8. The van der Waals surface area contributed by atoms with E-state index < -0.39 is 0 Å². The quantitative estimate of drug-likeness (QED) is 0.670. The van der Waals surface area contributed by atoms with Crippen molar-refractivity contribution < 1.29 is 4.79 Å². The molecule has 17 heavy (non-hydrogen) atoms. The van der Waals surface area contributed by atoms with E-state index in [1.165, 1.54) is 0 Å². The fourth-order valence-electron chi connectivity index (χ4n) is 1.97. The zero-order valence-electron chi connectivity index (χ0n) is 12.0. The minimum Gasteiger partial charge on any atom is -0.355 e. The Labute approximate surface area is 106 Å². The Morgan fingerprint density at radius 3 is 2.47 bits per heavy atom. The van der Waals surface area contributed by atoms with Gasteiger partial charge in [-0.2, -0.15) is 0 Å². The molecular weight excluding hydrogens is 214 g/mol. The molecule has 0 radical (unpaired) electrons. The Hall–Kier alpha value is -0.610. The first kappa shape index (κ1) is 16.4. The second kappa shape index (κ2) is 7.67. The highest BCUT2D eigenvalue weighted by molar-refractivity contribution is 5.78. The fourth-order valence-corrected chi connectivity index (χ4v) is 1.97. The number of carbonyl (C=O) groups excluding carboxylic acids is 1. The summed E-state index contributed by atoms with van der Waals surface area (Å²) < 4.78 is 0. The van der Waals surface area contributed by atoms with Gasteiger partial charge in [-0.3, -0.25) is 4.79 Å². The maximum absolute atomic E-state index is 11.8. The molecule has 3 N–H and O–H groups in total. The van der Waals surface area contributed by atoms with Crippen LogP contribution in [0.3, 0.4) is 0 Å². The minimum atomic E-state index is 0.0636. The van der Waals surface area contributed by atoms with E-state index in [-0.39, 0.29) is 17.2 Å². The third-order valence-corrected chi connectivity index (χ3v) is 2.77. The molecule has 0 rings (SSSR count). The van der Waals surface area contributed by atoms with Crippen LogP contribution in [0.15, 0.2) is 0 Å². The number of nitrogens with one attached hydrogen (secondary N) is 1. The number of amides is 1. The predicted molar refractivity (Wildman–Crippen MR) is 72.8 cm³/mol. The average molecular weight is 243 g/mol. The predicted octanol–water partition coefficient (Wildman–Crippen LogP) is 1.07. The van der Waals surface area contributed by atoms with Crippen molar-refractivity contribution in [1.29, 1.82) is 0 Å². The summed E-state index contributed by atoms with van der Waals surface area (Å²) in [6.07, 6.45) is 1.78. The average Bonchev–Trinajstić information content (AvgIpc) is 2.20. The van der Waals surface area contributed by atoms with Crippen LogP contribution in [-0.4, -0.2) is 44.5 Å². The molecule has 0 bridgehead atoms. The van der Waals surface area contributed by atoms with Crippen LogP contribution in [0, 0.1) is 11.3 Å². The minimum absolute atomic E-state index is 0.0636. The van der Waals surface area contributed by atoms with E-state index >= 15 is 0 Å². The molecule has 1 atom stereocenters. The summed E-state index contributed by atoms with van der Waals surface area (Å²) in [7, 11) is 4.10. The van der Waals surface area contributed by atoms with E-state index in [1.54, 1.807) is 0 Å². The van der Waals surface area contributed by atoms with Crippen LogP contribution in [0.2, 0.25) is 0 Å². The third-order valence-electron chi connectivity index (χ3n) is 2.77. The maximum Gasteiger partial charge on any atom is 0.222 e. The van der Waals surface area contributed by atoms with Crippen molar-refractivity contribution in [2.75, 3.05) is 33.7 Å². The Balaban J connectivity index is 3.97. The number of rotatable bonds is 8. The van der Waals surface area contributed by atoms with Gasteiger partial charge in [0.15, 0.2) is 0 Å². The van der Waals surface area contributed by atoms with Gasteiger partial charge in [-0.1, -0.05) is 20.8 Å². The third kappa shape index (κ3) is 8.16. The Bertz CT molecular complexity index is 227. The molecule has 4 heteroatoms. The van der Waals surface area contributed by atoms with Crippen LogP contribution < -0.4 is 11.1 Å². The van der Waals surface area contributed by atoms with E-state index in [9.17, 15) is 4.79 Å². The lowest BCUT2D eigenvalue weighted by atomic mass is 9.92. The van der Waals surface area contributed by atoms with Gasteiger partial charge in [0.05, 0.1) is 0 Å². The van der Waals surface area contributed by atoms with Crippen LogP contribution in [0.25, 0.3) is 0 Å². The standard InChI is InChI=1S/C13H29N3O/c1-11(7-6-8-14)12(17)15-9-13(2,3)10-16(4)5/h11H,6-10,14H2,1-5H3,(H,15,17). The van der Waals surface area contributed by atoms with Crippen molar-refractivity contribution in [3.63, 3.8) is 0 Å². The topological polar surface area (TPSA) is 58.4 Å². The van der Waals surface area contributed by atoms with Crippen LogP contribution in [0.1, 0.15) is 33.6 Å². The van der Waals surface area contributed by atoms with Gasteiger partial charge in [0, 0.05) is 19.0 Å². The number of hydrogen-bond acceptors (Lipinski definition) is 3. The molecule has 0 aliphatic heterocycles. The van der Waals surface area contributed by atoms with Crippen LogP contribution in [0.5, 0.6) is 0 Å². The van der Waals surface area contributed by atoms with Crippen LogP contribution in [0.4, 0.5) is 0 Å². The molecule has 0 aliphatic carbocycles. The molecule has 102 valence electrons. The number of nitrogens with zero attached hydrogens (tertiary/aromatic N) is 1. The summed E-state index contributed by atoms with van der Waals surface area (Å²) in [6, 6.07) is 0. The van der Waals surface area contributed by atoms with Crippen molar-refractivity contribution in [1.82, 2.24) is 10.2 Å². The van der Waals surface area contributed by atoms with Crippen molar-refractivity contribution in [2.45, 2.75) is 33.6 Å². The first-order chi connectivity index (χ1) is 7.78. The van der Waals surface area contributed by atoms with Gasteiger partial charge in [0.2, 0.25) is 5.91 Å². The van der Waals surface area contributed by atoms with Gasteiger partial charge < -0.3 is 16.0 Å². The van der Waals surface area contributed by atoms with E-state index in [0.717, 1.165) is 25.9 Å². The van der Waals surface area contributed by atoms with Crippen molar-refractivity contribution in [3.05, 3.63) is 0 Å². The van der Waals surface area contributed by atoms with Gasteiger partial charge in [-0.15, -0.1) is 0 Å². The molecule has 0 fully saturated rings. The van der Waals surface area contributed by atoms with Crippen LogP contribution >= 0.6 is 0 Å². The SMILES string of the molecule is CC(CCCN)C(=O)NCC(C)(C)CN(C)C. The molecule has 0 aromatic rings. The maximum atomic E-state index is 11.8. The molecule has 0 aromatic heterocycles. The molecule has 0 heterocycles. The summed E-state index contributed by atoms with van der Waals surface area (Å²) in [5.41, 5.74) is 5.54. The molecule has 0 saturated carbocycles. The van der Waals surface area contributed by atoms with Crippen molar-refractivity contribution in [3.8, 4) is 0 Å². The number of carbonyl (C=O) groups is 1. The van der Waals surface area contributed by atoms with Gasteiger partial charge >= 0.3 is 0 Å². The second-order valence-corrected chi connectivity index (χ2v) is 5.95. The molecule has 0 saturated heterocycles. The fraction of sp³-hybridized carbons (Fsp3) is 0.923. The summed E-state index contributed by atoms with van der Waals surface area (Å²) in [5, 5.41) is 3.03. The first-order valence-corrected chi connectivity index (χ1v) is 6.41. The zero-order chi connectivity index (χ0) is 13.5. The number of nitrogens with two attached hydrogens (primary N) is 1. The van der Waals surface area contributed by atoms with Crippen molar-refractivity contribution >= 4 is 5.91 Å². The monoisotopic (exact) mass is 243 g/mol. The molecule has 1 amide bonds. The van der Waals surface area contributed by atoms with Crippen LogP contribution in [-0.2, 0) is 4.79 Å². The van der Waals surface area contributed by atoms with E-state index in [0.29, 0.717) is 6.54 Å². The van der Waals surface area contributed by atoms with Crippen molar-refractivity contribution in [2.24, 2.45) is 17.1 Å². The van der Waals surface area contributed by atoms with E-state index in [2.05, 4.69) is 24.1 Å². The Kier molecular flexibility index (Phi) is 7.39. The molecule has 0 aliphatic rings. The molecule has 1 unspecified atom stereocenters. The van der Waals surface area contributed by atoms with Gasteiger partial charge in [-0.25, -0.2) is 0 Å². The summed E-state index contributed by atoms with van der Waals surface area (Å²) in [4.78, 5) is 14.0. The van der Waals surface area contributed by atoms with Gasteiger partial charge in [0.1, 0.15) is 0 Å². The summed E-state index contributed by atoms with van der Waals surface area (Å²) >= 11 is 0. The zero-order valence-corrected chi connectivity index (χ0v) is 12.0. The highest BCUT2D eigenvalue weighted by atomic mass is 16.1. The molecule has 4 nitrogen and oxygen atoms in total.